The summed E-state index contributed by atoms with van der Waals surface area (Å²) in [6.45, 7) is 0. The lowest BCUT2D eigenvalue weighted by Crippen LogP contribution is -2.02. The van der Waals surface area contributed by atoms with Gasteiger partial charge in [-0.05, 0) is 46.3 Å². The molecule has 0 saturated carbocycles. The second-order valence-electron chi connectivity index (χ2n) is 15.2. The van der Waals surface area contributed by atoms with Crippen molar-refractivity contribution >= 4 is 64.1 Å². The number of hydrogen-bond donors (Lipinski definition) is 0. The molecule has 0 amide bonds. The van der Waals surface area contributed by atoms with Crippen molar-refractivity contribution in [3.63, 3.8) is 0 Å². The van der Waals surface area contributed by atoms with E-state index in [1.54, 1.807) is 0 Å². The van der Waals surface area contributed by atoms with Crippen molar-refractivity contribution in [2.24, 2.45) is 0 Å². The van der Waals surface area contributed by atoms with Crippen LogP contribution in [0.15, 0.2) is 206 Å². The molecule has 0 fully saturated rings. The predicted octanol–water partition coefficient (Wildman–Crippen LogP) is 14.8. The van der Waals surface area contributed by atoms with Gasteiger partial charge in [-0.3, -0.25) is 0 Å². The summed E-state index contributed by atoms with van der Waals surface area (Å²) in [5.74, 6) is 1.87. The summed E-state index contributed by atoms with van der Waals surface area (Å²) in [6, 6.07) is 73.4. The van der Waals surface area contributed by atoms with E-state index in [0.717, 1.165) is 44.6 Å². The smallest absolute Gasteiger partial charge is 0.164 e. The summed E-state index contributed by atoms with van der Waals surface area (Å²) in [4.78, 5) is 15.5. The Balaban J connectivity index is 1.04. The van der Waals surface area contributed by atoms with Crippen LogP contribution in [0.2, 0.25) is 0 Å². The maximum absolute atomic E-state index is 5.24. The zero-order valence-electron chi connectivity index (χ0n) is 32.3. The van der Waals surface area contributed by atoms with Gasteiger partial charge in [-0.25, -0.2) is 15.0 Å². The van der Waals surface area contributed by atoms with E-state index in [-0.39, 0.29) is 0 Å². The molecule has 0 aliphatic heterocycles. The molecule has 3 heterocycles. The minimum atomic E-state index is 0.615. The average Bonchev–Trinajstić information content (AvgIpc) is 3.87. The number of para-hydroxylation sites is 1. The van der Waals surface area contributed by atoms with Crippen LogP contribution in [0, 0.1) is 0 Å². The molecule has 0 atom stereocenters. The lowest BCUT2D eigenvalue weighted by atomic mass is 10.00. The molecule has 0 unspecified atom stereocenters. The minimum absolute atomic E-state index is 0.615. The molecule has 0 radical (unpaired) electrons. The fraction of sp³-hybridized carbons (Fsp3) is 0. The lowest BCUT2D eigenvalue weighted by molar-refractivity contribution is 1.07. The summed E-state index contributed by atoms with van der Waals surface area (Å²) in [5.41, 5.74) is 10.7. The SMILES string of the molecule is c1ccc(-c2nc(-c3ccc(-c4ccc5c(c4)sc4ccccc45)cc3)nc(-c3ccc(-c4ccccc4)c(-n4c5ccccc5c5ccc6ccccc6c54)c3)n2)cc1. The second-order valence-corrected chi connectivity index (χ2v) is 16.3. The maximum atomic E-state index is 5.24. The van der Waals surface area contributed by atoms with E-state index in [9.17, 15) is 0 Å². The van der Waals surface area contributed by atoms with Gasteiger partial charge < -0.3 is 4.57 Å². The summed E-state index contributed by atoms with van der Waals surface area (Å²) >= 11 is 1.84. The molecule has 0 spiro atoms. The van der Waals surface area contributed by atoms with Gasteiger partial charge >= 0.3 is 0 Å². The van der Waals surface area contributed by atoms with Crippen molar-refractivity contribution in [3.05, 3.63) is 206 Å². The normalized spacial score (nSPS) is 11.7. The Kier molecular flexibility index (Phi) is 8.00. The lowest BCUT2D eigenvalue weighted by Gasteiger charge is -2.17. The Bertz CT molecular complexity index is 3590. The van der Waals surface area contributed by atoms with Crippen LogP contribution in [-0.2, 0) is 0 Å². The van der Waals surface area contributed by atoms with Gasteiger partial charge in [-0.1, -0.05) is 182 Å². The molecule has 5 heteroatoms. The molecule has 3 aromatic heterocycles. The molecule has 12 aromatic rings. The third-order valence-electron chi connectivity index (χ3n) is 11.7. The molecule has 280 valence electrons. The van der Waals surface area contributed by atoms with Crippen molar-refractivity contribution in [1.29, 1.82) is 0 Å². The summed E-state index contributed by atoms with van der Waals surface area (Å²) in [7, 11) is 0. The van der Waals surface area contributed by atoms with Gasteiger partial charge in [0.2, 0.25) is 0 Å². The average molecular weight is 783 g/mol. The van der Waals surface area contributed by atoms with Gasteiger partial charge in [-0.2, -0.15) is 0 Å². The summed E-state index contributed by atoms with van der Waals surface area (Å²) in [5, 5.41) is 7.45. The zero-order chi connectivity index (χ0) is 39.6. The number of benzene rings is 9. The highest BCUT2D eigenvalue weighted by molar-refractivity contribution is 7.25. The molecule has 9 aromatic carbocycles. The van der Waals surface area contributed by atoms with Crippen molar-refractivity contribution in [2.75, 3.05) is 0 Å². The Labute approximate surface area is 350 Å². The van der Waals surface area contributed by atoms with E-state index in [1.165, 1.54) is 52.8 Å². The molecule has 12 rings (SSSR count). The van der Waals surface area contributed by atoms with E-state index in [0.29, 0.717) is 17.5 Å². The van der Waals surface area contributed by atoms with E-state index < -0.39 is 0 Å². The molecule has 0 bridgehead atoms. The Hall–Kier alpha value is -7.73. The second kappa shape index (κ2) is 14.0. The number of aromatic nitrogens is 4. The molecule has 0 N–H and O–H groups in total. The first-order valence-corrected chi connectivity index (χ1v) is 21.0. The van der Waals surface area contributed by atoms with Crippen LogP contribution in [0.4, 0.5) is 0 Å². The molecular formula is C55H34N4S. The molecule has 0 saturated heterocycles. The van der Waals surface area contributed by atoms with Crippen LogP contribution in [-0.4, -0.2) is 19.5 Å². The van der Waals surface area contributed by atoms with Gasteiger partial charge in [0.25, 0.3) is 0 Å². The molecule has 60 heavy (non-hydrogen) atoms. The third-order valence-corrected chi connectivity index (χ3v) is 12.8. The number of thiophene rings is 1. The first-order valence-electron chi connectivity index (χ1n) is 20.2. The van der Waals surface area contributed by atoms with Crippen LogP contribution < -0.4 is 0 Å². The Morgan fingerprint density at radius 3 is 1.67 bits per heavy atom. The van der Waals surface area contributed by atoms with E-state index in [2.05, 4.69) is 193 Å². The number of fused-ring (bicyclic) bond motifs is 8. The van der Waals surface area contributed by atoms with Crippen LogP contribution in [0.3, 0.4) is 0 Å². The highest BCUT2D eigenvalue weighted by Gasteiger charge is 2.20. The van der Waals surface area contributed by atoms with E-state index in [4.69, 9.17) is 15.0 Å². The standard InChI is InChI=1S/C55H34N4S/c1-3-13-36(14-4-1)42-30-29-41(33-49(42)59-48-21-11-9-19-44(48)47-32-27-37-15-7-8-18-43(37)52(47)59)55-57-53(38-16-5-2-6-17-38)56-54(58-55)39-25-23-35(24-26-39)40-28-31-46-45-20-10-12-22-50(45)60-51(46)34-40/h1-34H. The fourth-order valence-electron chi connectivity index (χ4n) is 8.77. The Morgan fingerprint density at radius 2 is 0.883 bits per heavy atom. The van der Waals surface area contributed by atoms with E-state index >= 15 is 0 Å². The predicted molar refractivity (Wildman–Crippen MR) is 252 cm³/mol. The molecule has 4 nitrogen and oxygen atoms in total. The zero-order valence-corrected chi connectivity index (χ0v) is 33.1. The molecular weight excluding hydrogens is 749 g/mol. The highest BCUT2D eigenvalue weighted by Crippen LogP contribution is 2.41. The van der Waals surface area contributed by atoms with Crippen molar-refractivity contribution in [1.82, 2.24) is 19.5 Å². The molecule has 0 aliphatic carbocycles. The highest BCUT2D eigenvalue weighted by atomic mass is 32.1. The van der Waals surface area contributed by atoms with Crippen LogP contribution >= 0.6 is 11.3 Å². The summed E-state index contributed by atoms with van der Waals surface area (Å²) < 4.78 is 5.04. The summed E-state index contributed by atoms with van der Waals surface area (Å²) in [6.07, 6.45) is 0. The fourth-order valence-corrected chi connectivity index (χ4v) is 9.91. The largest absolute Gasteiger partial charge is 0.308 e. The monoisotopic (exact) mass is 782 g/mol. The van der Waals surface area contributed by atoms with Crippen LogP contribution in [0.1, 0.15) is 0 Å². The van der Waals surface area contributed by atoms with Gasteiger partial charge in [-0.15, -0.1) is 11.3 Å². The van der Waals surface area contributed by atoms with Crippen molar-refractivity contribution in [2.45, 2.75) is 0 Å². The van der Waals surface area contributed by atoms with Crippen LogP contribution in [0.25, 0.3) is 115 Å². The quantitative estimate of drug-likeness (QED) is 0.169. The minimum Gasteiger partial charge on any atom is -0.308 e. The number of nitrogens with zero attached hydrogens (tertiary/aromatic N) is 4. The van der Waals surface area contributed by atoms with Crippen molar-refractivity contribution < 1.29 is 0 Å². The van der Waals surface area contributed by atoms with E-state index in [1.807, 2.05) is 29.5 Å². The topological polar surface area (TPSA) is 43.6 Å². The molecule has 0 aliphatic rings. The first kappa shape index (κ1) is 34.3. The number of rotatable bonds is 6. The third kappa shape index (κ3) is 5.70. The van der Waals surface area contributed by atoms with Gasteiger partial charge in [0.15, 0.2) is 17.5 Å². The number of hydrogen-bond acceptors (Lipinski definition) is 4. The first-order chi connectivity index (χ1) is 29.7. The van der Waals surface area contributed by atoms with Crippen LogP contribution in [0.5, 0.6) is 0 Å². The Morgan fingerprint density at radius 1 is 0.333 bits per heavy atom. The van der Waals surface area contributed by atoms with Gasteiger partial charge in [0.1, 0.15) is 0 Å². The van der Waals surface area contributed by atoms with Crippen molar-refractivity contribution in [3.8, 4) is 62.1 Å². The van der Waals surface area contributed by atoms with Gasteiger partial charge in [0, 0.05) is 58.6 Å². The van der Waals surface area contributed by atoms with Gasteiger partial charge in [0.05, 0.1) is 16.7 Å². The maximum Gasteiger partial charge on any atom is 0.164 e.